The van der Waals surface area contributed by atoms with Crippen LogP contribution in [0.15, 0.2) is 46.8 Å². The van der Waals surface area contributed by atoms with E-state index in [0.717, 1.165) is 15.9 Å². The molecule has 0 aliphatic heterocycles. The summed E-state index contributed by atoms with van der Waals surface area (Å²) < 4.78 is 5.26. The number of fused-ring (bicyclic) bond motifs is 1. The highest BCUT2D eigenvalue weighted by Gasteiger charge is 2.12. The van der Waals surface area contributed by atoms with Crippen LogP contribution >= 0.6 is 23.3 Å². The maximum Gasteiger partial charge on any atom is 0.170 e. The van der Waals surface area contributed by atoms with Crippen molar-refractivity contribution in [2.75, 3.05) is 12.8 Å². The Balaban J connectivity index is 1.77. The molecule has 1 aromatic heterocycles. The van der Waals surface area contributed by atoms with Crippen LogP contribution in [0.5, 0.6) is 0 Å². The first-order chi connectivity index (χ1) is 10.3. The van der Waals surface area contributed by atoms with Gasteiger partial charge in [-0.3, -0.25) is 0 Å². The van der Waals surface area contributed by atoms with E-state index in [1.54, 1.807) is 11.8 Å². The number of thioether (sulfide) groups is 1. The molecule has 2 aromatic carbocycles. The summed E-state index contributed by atoms with van der Waals surface area (Å²) in [5.74, 6) is 1.80. The Morgan fingerprint density at radius 2 is 2.00 bits per heavy atom. The Bertz CT molecular complexity index is 739. The summed E-state index contributed by atoms with van der Waals surface area (Å²) in [7, 11) is 2.01. The molecule has 5 heteroatoms. The zero-order chi connectivity index (χ0) is 14.7. The van der Waals surface area contributed by atoms with Crippen LogP contribution in [0, 0.1) is 6.92 Å². The van der Waals surface area contributed by atoms with Crippen molar-refractivity contribution in [1.29, 1.82) is 0 Å². The van der Waals surface area contributed by atoms with Gasteiger partial charge in [-0.2, -0.15) is 4.37 Å². The molecule has 0 amide bonds. The van der Waals surface area contributed by atoms with Gasteiger partial charge in [0.25, 0.3) is 0 Å². The molecule has 3 rings (SSSR count). The normalized spacial score (nSPS) is 12.7. The minimum atomic E-state index is 0.309. The molecular weight excluding hydrogens is 298 g/mol. The zero-order valence-electron chi connectivity index (χ0n) is 12.0. The standard InChI is InChI=1S/C16H17N3S2/c1-11-18-16(21-19-11)20-10-15(17-2)14-8-7-12-5-3-4-6-13(12)9-14/h3-9,15,17H,10H2,1-2H3. The lowest BCUT2D eigenvalue weighted by atomic mass is 10.0. The number of hydrogen-bond donors (Lipinski definition) is 1. The highest BCUT2D eigenvalue weighted by Crippen LogP contribution is 2.27. The number of benzene rings is 2. The average Bonchev–Trinajstić information content (AvgIpc) is 2.93. The second kappa shape index (κ2) is 6.56. The van der Waals surface area contributed by atoms with Gasteiger partial charge in [-0.05, 0) is 47.9 Å². The second-order valence-corrected chi connectivity index (χ2v) is 6.89. The van der Waals surface area contributed by atoms with Gasteiger partial charge in [0.2, 0.25) is 0 Å². The molecule has 0 aliphatic rings. The highest BCUT2D eigenvalue weighted by molar-refractivity contribution is 8.00. The van der Waals surface area contributed by atoms with Gasteiger partial charge in [0.15, 0.2) is 4.34 Å². The Hall–Kier alpha value is -1.43. The molecule has 0 aliphatic carbocycles. The molecule has 0 saturated heterocycles. The lowest BCUT2D eigenvalue weighted by Gasteiger charge is -2.16. The summed E-state index contributed by atoms with van der Waals surface area (Å²) in [6.07, 6.45) is 0. The summed E-state index contributed by atoms with van der Waals surface area (Å²) in [5, 5.41) is 5.96. The summed E-state index contributed by atoms with van der Waals surface area (Å²) in [6, 6.07) is 15.4. The molecule has 0 saturated carbocycles. The number of aryl methyl sites for hydroxylation is 1. The fraction of sp³-hybridized carbons (Fsp3) is 0.250. The van der Waals surface area contributed by atoms with Crippen LogP contribution in [0.25, 0.3) is 10.8 Å². The van der Waals surface area contributed by atoms with Crippen LogP contribution in [-0.2, 0) is 0 Å². The Morgan fingerprint density at radius 3 is 2.71 bits per heavy atom. The molecule has 0 radical (unpaired) electrons. The van der Waals surface area contributed by atoms with Crippen molar-refractivity contribution in [3.05, 3.63) is 53.9 Å². The Labute approximate surface area is 133 Å². The molecule has 3 aromatic rings. The highest BCUT2D eigenvalue weighted by atomic mass is 32.2. The smallest absolute Gasteiger partial charge is 0.170 e. The van der Waals surface area contributed by atoms with Gasteiger partial charge < -0.3 is 5.32 Å². The van der Waals surface area contributed by atoms with E-state index in [4.69, 9.17) is 0 Å². The molecule has 1 atom stereocenters. The topological polar surface area (TPSA) is 37.8 Å². The van der Waals surface area contributed by atoms with E-state index in [-0.39, 0.29) is 0 Å². The first kappa shape index (κ1) is 14.5. The van der Waals surface area contributed by atoms with Crippen LogP contribution in [0.2, 0.25) is 0 Å². The van der Waals surface area contributed by atoms with Gasteiger partial charge >= 0.3 is 0 Å². The summed E-state index contributed by atoms with van der Waals surface area (Å²) in [6.45, 7) is 1.93. The van der Waals surface area contributed by atoms with E-state index < -0.39 is 0 Å². The molecule has 3 nitrogen and oxygen atoms in total. The van der Waals surface area contributed by atoms with Crippen molar-refractivity contribution in [2.45, 2.75) is 17.3 Å². The first-order valence-corrected chi connectivity index (χ1v) is 8.61. The van der Waals surface area contributed by atoms with E-state index in [1.165, 1.54) is 27.9 Å². The molecule has 0 bridgehead atoms. The number of nitrogens with zero attached hydrogens (tertiary/aromatic N) is 2. The van der Waals surface area contributed by atoms with Gasteiger partial charge in [0, 0.05) is 11.8 Å². The van der Waals surface area contributed by atoms with E-state index in [9.17, 15) is 0 Å². The van der Waals surface area contributed by atoms with Crippen LogP contribution in [0.3, 0.4) is 0 Å². The quantitative estimate of drug-likeness (QED) is 0.721. The van der Waals surface area contributed by atoms with E-state index in [0.29, 0.717) is 6.04 Å². The van der Waals surface area contributed by atoms with Crippen LogP contribution in [0.4, 0.5) is 0 Å². The maximum absolute atomic E-state index is 4.40. The predicted octanol–water partition coefficient (Wildman–Crippen LogP) is 4.05. The molecule has 0 spiro atoms. The molecular formula is C16H17N3S2. The molecule has 0 fully saturated rings. The van der Waals surface area contributed by atoms with Gasteiger partial charge in [-0.25, -0.2) is 4.98 Å². The number of aromatic nitrogens is 2. The van der Waals surface area contributed by atoms with Gasteiger partial charge in [0.1, 0.15) is 5.82 Å². The second-order valence-electron chi connectivity index (χ2n) is 4.87. The fourth-order valence-corrected chi connectivity index (χ4v) is 4.08. The van der Waals surface area contributed by atoms with Crippen molar-refractivity contribution >= 4 is 34.1 Å². The fourth-order valence-electron chi connectivity index (χ4n) is 2.26. The number of hydrogen-bond acceptors (Lipinski definition) is 5. The molecule has 21 heavy (non-hydrogen) atoms. The van der Waals surface area contributed by atoms with Crippen LogP contribution in [0.1, 0.15) is 17.4 Å². The molecule has 1 unspecified atom stereocenters. The minimum Gasteiger partial charge on any atom is -0.312 e. The monoisotopic (exact) mass is 315 g/mol. The Morgan fingerprint density at radius 1 is 1.19 bits per heavy atom. The van der Waals surface area contributed by atoms with Crippen molar-refractivity contribution in [3.8, 4) is 0 Å². The average molecular weight is 315 g/mol. The largest absolute Gasteiger partial charge is 0.312 e. The van der Waals surface area contributed by atoms with Gasteiger partial charge in [0.05, 0.1) is 0 Å². The molecule has 1 heterocycles. The summed E-state index contributed by atoms with van der Waals surface area (Å²) in [5.41, 5.74) is 1.31. The van der Waals surface area contributed by atoms with Gasteiger partial charge in [-0.15, -0.1) is 0 Å². The van der Waals surface area contributed by atoms with Crippen molar-refractivity contribution in [2.24, 2.45) is 0 Å². The summed E-state index contributed by atoms with van der Waals surface area (Å²) >= 11 is 3.23. The van der Waals surface area contributed by atoms with E-state index >= 15 is 0 Å². The third-order valence-corrected chi connectivity index (χ3v) is 5.43. The molecule has 1 N–H and O–H groups in total. The SMILES string of the molecule is CNC(CSc1nc(C)ns1)c1ccc2ccccc2c1. The van der Waals surface area contributed by atoms with Crippen LogP contribution in [-0.4, -0.2) is 22.2 Å². The van der Waals surface area contributed by atoms with E-state index in [1.807, 2.05) is 14.0 Å². The van der Waals surface area contributed by atoms with E-state index in [2.05, 4.69) is 57.1 Å². The third-order valence-electron chi connectivity index (χ3n) is 3.41. The number of rotatable bonds is 5. The van der Waals surface area contributed by atoms with Crippen LogP contribution < -0.4 is 5.32 Å². The Kier molecular flexibility index (Phi) is 4.53. The summed E-state index contributed by atoms with van der Waals surface area (Å²) in [4.78, 5) is 4.40. The predicted molar refractivity (Wildman–Crippen MR) is 91.1 cm³/mol. The lowest BCUT2D eigenvalue weighted by Crippen LogP contribution is -2.18. The van der Waals surface area contributed by atoms with Crippen molar-refractivity contribution in [3.63, 3.8) is 0 Å². The van der Waals surface area contributed by atoms with Crippen molar-refractivity contribution in [1.82, 2.24) is 14.7 Å². The zero-order valence-corrected chi connectivity index (χ0v) is 13.7. The number of nitrogens with one attached hydrogen (secondary N) is 1. The maximum atomic E-state index is 4.40. The third kappa shape index (κ3) is 3.43. The van der Waals surface area contributed by atoms with Gasteiger partial charge in [-0.1, -0.05) is 48.2 Å². The molecule has 108 valence electrons. The minimum absolute atomic E-state index is 0.309. The van der Waals surface area contributed by atoms with Crippen molar-refractivity contribution < 1.29 is 0 Å². The lowest BCUT2D eigenvalue weighted by molar-refractivity contribution is 0.662. The first-order valence-electron chi connectivity index (χ1n) is 6.85.